The molecule has 8 heteroatoms. The van der Waals surface area contributed by atoms with E-state index in [9.17, 15) is 4.79 Å². The molecule has 27 heavy (non-hydrogen) atoms. The van der Waals surface area contributed by atoms with Crippen LogP contribution in [-0.4, -0.2) is 45.6 Å². The molecule has 1 fully saturated rings. The topological polar surface area (TPSA) is 64.5 Å². The fourth-order valence-corrected chi connectivity index (χ4v) is 3.17. The summed E-state index contributed by atoms with van der Waals surface area (Å²) in [5.74, 6) is 0.500. The molecule has 0 N–H and O–H groups in total. The number of amides is 1. The lowest BCUT2D eigenvalue weighted by Crippen LogP contribution is -2.53. The monoisotopic (exact) mass is 409 g/mol. The van der Waals surface area contributed by atoms with Crippen molar-refractivity contribution in [3.8, 4) is 11.8 Å². The lowest BCUT2D eigenvalue weighted by atomic mass is 10.0. The first-order valence-corrected chi connectivity index (χ1v) is 9.47. The molecule has 3 rings (SSSR count). The molecular weight excluding hydrogens is 389 g/mol. The summed E-state index contributed by atoms with van der Waals surface area (Å²) in [4.78, 5) is 22.9. The highest BCUT2D eigenvalue weighted by Gasteiger charge is 2.37. The average Bonchev–Trinajstić information content (AvgIpc) is 2.65. The van der Waals surface area contributed by atoms with Crippen molar-refractivity contribution in [3.63, 3.8) is 0 Å². The summed E-state index contributed by atoms with van der Waals surface area (Å²) in [6, 6.07) is 7.22. The molecular formula is C19H21Cl2N3O3. The van der Waals surface area contributed by atoms with Gasteiger partial charge in [-0.15, -0.1) is 0 Å². The molecule has 1 aromatic carbocycles. The quantitative estimate of drug-likeness (QED) is 0.745. The first-order valence-electron chi connectivity index (χ1n) is 8.72. The number of aromatic nitrogens is 2. The molecule has 2 aromatic rings. The molecule has 0 unspecified atom stereocenters. The third-order valence-corrected chi connectivity index (χ3v) is 4.68. The molecule has 0 aliphatic carbocycles. The van der Waals surface area contributed by atoms with Crippen molar-refractivity contribution in [3.05, 3.63) is 46.7 Å². The number of carbonyl (C=O) groups excluding carboxylic acids is 1. The number of hydrogen-bond acceptors (Lipinski definition) is 5. The number of ether oxygens (including phenoxy) is 2. The van der Waals surface area contributed by atoms with Gasteiger partial charge in [0.25, 0.3) is 5.91 Å². The van der Waals surface area contributed by atoms with Crippen LogP contribution in [0.3, 0.4) is 0 Å². The van der Waals surface area contributed by atoms with Crippen LogP contribution >= 0.6 is 23.2 Å². The Bertz CT molecular complexity index is 782. The predicted molar refractivity (Wildman–Crippen MR) is 103 cm³/mol. The number of carbonyl (C=O) groups is 1. The second kappa shape index (κ2) is 8.31. The van der Waals surface area contributed by atoms with Crippen LogP contribution in [0.5, 0.6) is 11.8 Å². The van der Waals surface area contributed by atoms with Gasteiger partial charge < -0.3 is 14.4 Å². The van der Waals surface area contributed by atoms with Crippen LogP contribution in [0.1, 0.15) is 26.7 Å². The van der Waals surface area contributed by atoms with Crippen molar-refractivity contribution < 1.29 is 14.3 Å². The van der Waals surface area contributed by atoms with Crippen molar-refractivity contribution in [2.24, 2.45) is 0 Å². The van der Waals surface area contributed by atoms with Gasteiger partial charge in [-0.25, -0.2) is 9.97 Å². The minimum Gasteiger partial charge on any atom is -0.478 e. The Kier molecular flexibility index (Phi) is 6.07. The Labute approximate surface area is 168 Å². The molecule has 1 saturated heterocycles. The minimum atomic E-state index is -1.01. The van der Waals surface area contributed by atoms with Gasteiger partial charge in [-0.2, -0.15) is 0 Å². The molecule has 1 amide bonds. The van der Waals surface area contributed by atoms with E-state index in [1.807, 2.05) is 0 Å². The molecule has 0 saturated carbocycles. The van der Waals surface area contributed by atoms with Gasteiger partial charge in [0, 0.05) is 11.6 Å². The maximum absolute atomic E-state index is 13.0. The molecule has 1 aromatic heterocycles. The second-order valence-electron chi connectivity index (χ2n) is 6.88. The van der Waals surface area contributed by atoms with Crippen molar-refractivity contribution in [1.82, 2.24) is 14.9 Å². The van der Waals surface area contributed by atoms with Gasteiger partial charge in [0.1, 0.15) is 11.9 Å². The average molecular weight is 410 g/mol. The number of piperidine rings is 1. The highest BCUT2D eigenvalue weighted by Crippen LogP contribution is 2.24. The van der Waals surface area contributed by atoms with Crippen LogP contribution in [0.4, 0.5) is 0 Å². The van der Waals surface area contributed by atoms with Crippen molar-refractivity contribution in [1.29, 1.82) is 0 Å². The minimum absolute atomic E-state index is 0.0947. The van der Waals surface area contributed by atoms with Crippen LogP contribution in [0.2, 0.25) is 10.0 Å². The number of nitrogens with zero attached hydrogens (tertiary/aromatic N) is 3. The normalized spacial score (nSPS) is 17.5. The number of benzene rings is 1. The molecule has 0 radical (unpaired) electrons. The Morgan fingerprint density at radius 3 is 2.48 bits per heavy atom. The summed E-state index contributed by atoms with van der Waals surface area (Å²) in [6.07, 6.45) is 4.46. The molecule has 144 valence electrons. The summed E-state index contributed by atoms with van der Waals surface area (Å²) < 4.78 is 11.7. The van der Waals surface area contributed by atoms with E-state index in [-0.39, 0.29) is 18.0 Å². The van der Waals surface area contributed by atoms with Gasteiger partial charge in [0.2, 0.25) is 0 Å². The summed E-state index contributed by atoms with van der Waals surface area (Å²) in [7, 11) is 0. The van der Waals surface area contributed by atoms with Crippen LogP contribution in [0.15, 0.2) is 36.7 Å². The second-order valence-corrected chi connectivity index (χ2v) is 7.76. The van der Waals surface area contributed by atoms with Crippen molar-refractivity contribution in [2.45, 2.75) is 38.4 Å². The smallest absolute Gasteiger partial charge is 0.316 e. The van der Waals surface area contributed by atoms with E-state index in [0.717, 1.165) is 12.8 Å². The van der Waals surface area contributed by atoms with E-state index in [2.05, 4.69) is 9.97 Å². The van der Waals surface area contributed by atoms with E-state index in [1.165, 1.54) is 12.4 Å². The van der Waals surface area contributed by atoms with E-state index >= 15 is 0 Å². The van der Waals surface area contributed by atoms with Crippen LogP contribution < -0.4 is 9.47 Å². The van der Waals surface area contributed by atoms with Crippen LogP contribution in [0.25, 0.3) is 0 Å². The van der Waals surface area contributed by atoms with Gasteiger partial charge in [-0.3, -0.25) is 4.79 Å². The summed E-state index contributed by atoms with van der Waals surface area (Å²) in [5.41, 5.74) is -1.01. The molecule has 2 heterocycles. The van der Waals surface area contributed by atoms with Gasteiger partial charge in [0.15, 0.2) is 5.60 Å². The van der Waals surface area contributed by atoms with E-state index in [4.69, 9.17) is 32.7 Å². The third kappa shape index (κ3) is 5.23. The summed E-state index contributed by atoms with van der Waals surface area (Å²) in [5, 5.41) is 1.07. The summed E-state index contributed by atoms with van der Waals surface area (Å²) >= 11 is 11.7. The van der Waals surface area contributed by atoms with Crippen molar-refractivity contribution in [2.75, 3.05) is 13.1 Å². The standard InChI is InChI=1S/C19H21Cl2N3O3/c1-19(2,27-15-7-5-13(20)6-8-15)17(25)24-9-3-4-16(12-24)26-18-22-10-14(21)11-23-18/h5-8,10-11,16H,3-4,9,12H2,1-2H3/t16-/m1/s1. The van der Waals surface area contributed by atoms with Gasteiger partial charge in [0.05, 0.1) is 24.0 Å². The lowest BCUT2D eigenvalue weighted by molar-refractivity contribution is -0.148. The highest BCUT2D eigenvalue weighted by atomic mass is 35.5. The third-order valence-electron chi connectivity index (χ3n) is 4.24. The molecule has 1 aliphatic rings. The zero-order chi connectivity index (χ0) is 19.4. The lowest BCUT2D eigenvalue weighted by Gasteiger charge is -2.37. The molecule has 0 spiro atoms. The Morgan fingerprint density at radius 2 is 1.81 bits per heavy atom. The molecule has 1 aliphatic heterocycles. The Morgan fingerprint density at radius 1 is 1.15 bits per heavy atom. The van der Waals surface area contributed by atoms with E-state index in [0.29, 0.717) is 28.9 Å². The van der Waals surface area contributed by atoms with E-state index in [1.54, 1.807) is 43.0 Å². The number of rotatable bonds is 5. The van der Waals surface area contributed by atoms with Gasteiger partial charge in [-0.05, 0) is 51.0 Å². The van der Waals surface area contributed by atoms with E-state index < -0.39 is 5.60 Å². The first-order chi connectivity index (χ1) is 12.8. The number of likely N-dealkylation sites (tertiary alicyclic amines) is 1. The molecule has 6 nitrogen and oxygen atoms in total. The zero-order valence-corrected chi connectivity index (χ0v) is 16.7. The number of hydrogen-bond donors (Lipinski definition) is 0. The Hall–Kier alpha value is -2.05. The largest absolute Gasteiger partial charge is 0.478 e. The number of halogens is 2. The molecule has 1 atom stereocenters. The highest BCUT2D eigenvalue weighted by molar-refractivity contribution is 6.30. The fourth-order valence-electron chi connectivity index (χ4n) is 2.95. The van der Waals surface area contributed by atoms with Crippen molar-refractivity contribution >= 4 is 29.1 Å². The first kappa shape index (κ1) is 19.7. The fraction of sp³-hybridized carbons (Fsp3) is 0.421. The SMILES string of the molecule is CC(C)(Oc1ccc(Cl)cc1)C(=O)N1CCC[C@@H](Oc2ncc(Cl)cn2)C1. The van der Waals surface area contributed by atoms with Gasteiger partial charge in [-0.1, -0.05) is 23.2 Å². The van der Waals surface area contributed by atoms with Crippen LogP contribution in [-0.2, 0) is 4.79 Å². The zero-order valence-electron chi connectivity index (χ0n) is 15.2. The molecule has 0 bridgehead atoms. The predicted octanol–water partition coefficient (Wildman–Crippen LogP) is 4.01. The van der Waals surface area contributed by atoms with Crippen LogP contribution in [0, 0.1) is 0 Å². The Balaban J connectivity index is 1.62. The maximum Gasteiger partial charge on any atom is 0.316 e. The maximum atomic E-state index is 13.0. The van der Waals surface area contributed by atoms with Gasteiger partial charge >= 0.3 is 6.01 Å². The summed E-state index contributed by atoms with van der Waals surface area (Å²) in [6.45, 7) is 4.64.